The van der Waals surface area contributed by atoms with E-state index in [1.165, 1.54) is 11.8 Å². The molecule has 1 heterocycles. The van der Waals surface area contributed by atoms with Gasteiger partial charge in [-0.2, -0.15) is 5.10 Å². The monoisotopic (exact) mass is 503 g/mol. The maximum atomic E-state index is 12.5. The molecule has 1 fully saturated rings. The van der Waals surface area contributed by atoms with Crippen molar-refractivity contribution in [1.29, 1.82) is 0 Å². The van der Waals surface area contributed by atoms with Crippen molar-refractivity contribution in [2.75, 3.05) is 12.8 Å². The summed E-state index contributed by atoms with van der Waals surface area (Å²) in [7, 11) is 1.52. The Hall–Kier alpha value is -4.37. The van der Waals surface area contributed by atoms with Crippen molar-refractivity contribution in [2.45, 2.75) is 38.0 Å². The summed E-state index contributed by atoms with van der Waals surface area (Å²) in [5, 5.41) is 17.7. The van der Waals surface area contributed by atoms with Gasteiger partial charge in [0.15, 0.2) is 0 Å². The molecule has 9 heteroatoms. The van der Waals surface area contributed by atoms with Crippen molar-refractivity contribution in [1.82, 2.24) is 15.1 Å². The number of aliphatic hydroxyl groups excluding tert-OH is 1. The Kier molecular flexibility index (Phi) is 9.23. The smallest absolute Gasteiger partial charge is 0.255 e. The van der Waals surface area contributed by atoms with Gasteiger partial charge in [0.25, 0.3) is 11.8 Å². The van der Waals surface area contributed by atoms with Gasteiger partial charge in [0.1, 0.15) is 22.8 Å². The molecule has 0 aliphatic heterocycles. The molecule has 9 nitrogen and oxygen atoms in total. The summed E-state index contributed by atoms with van der Waals surface area (Å²) in [6.45, 7) is 7.03. The van der Waals surface area contributed by atoms with Gasteiger partial charge in [-0.3, -0.25) is 9.59 Å². The van der Waals surface area contributed by atoms with Crippen LogP contribution in [0.5, 0.6) is 5.75 Å². The number of primary amides is 1. The summed E-state index contributed by atoms with van der Waals surface area (Å²) in [6, 6.07) is 14.0. The number of nitrogens with two attached hydrogens (primary N) is 2. The summed E-state index contributed by atoms with van der Waals surface area (Å²) >= 11 is 0. The molecule has 0 radical (unpaired) electrons. The number of carbonyl (C=O) groups is 2. The molecule has 3 aromatic rings. The fraction of sp³-hybridized carbons (Fsp3) is 0.250. The average Bonchev–Trinajstić information content (AvgIpc) is 3.49. The zero-order valence-electron chi connectivity index (χ0n) is 20.9. The number of carbonyl (C=O) groups excluding carboxylic acids is 2. The first kappa shape index (κ1) is 27.2. The lowest BCUT2D eigenvalue weighted by Gasteiger charge is -2.16. The maximum Gasteiger partial charge on any atom is 0.255 e. The van der Waals surface area contributed by atoms with Gasteiger partial charge in [-0.05, 0) is 37.0 Å². The molecular formula is C28H33N5O4. The van der Waals surface area contributed by atoms with Crippen LogP contribution in [-0.4, -0.2) is 39.9 Å². The first-order valence-corrected chi connectivity index (χ1v) is 11.9. The largest absolute Gasteiger partial charge is 0.496 e. The zero-order chi connectivity index (χ0) is 26.9. The number of aromatic nitrogens is 2. The number of methoxy groups -OCH3 is 1. The first-order valence-electron chi connectivity index (χ1n) is 11.9. The lowest BCUT2D eigenvalue weighted by molar-refractivity contribution is 0.0946. The third-order valence-electron chi connectivity index (χ3n) is 6.15. The standard InChI is InChI=1S/C24H27N5O4.C4H6/c1-33-19-8-3-2-5-16(19)24(32)27-13-14-9-11-15(12-10-14)21-20(23(26)31)22(25)29(28-21)17-6-4-7-18(17)30;1-3-4-2/h2-3,5,8-12,17-18,30H,4,6-7,13,25H2,1H3,(H2,26,31)(H,27,32);3-4H,1-2H2. The van der Waals surface area contributed by atoms with Gasteiger partial charge in [0, 0.05) is 12.1 Å². The van der Waals surface area contributed by atoms with Crippen LogP contribution < -0.4 is 21.5 Å². The summed E-state index contributed by atoms with van der Waals surface area (Å²) in [4.78, 5) is 24.6. The highest BCUT2D eigenvalue weighted by Gasteiger charge is 2.32. The highest BCUT2D eigenvalue weighted by atomic mass is 16.5. The van der Waals surface area contributed by atoms with E-state index in [0.717, 1.165) is 18.4 Å². The Balaban J connectivity index is 0.000000886. The van der Waals surface area contributed by atoms with Crippen LogP contribution >= 0.6 is 0 Å². The topological polar surface area (TPSA) is 145 Å². The van der Waals surface area contributed by atoms with Gasteiger partial charge in [0.05, 0.1) is 24.8 Å². The lowest BCUT2D eigenvalue weighted by atomic mass is 10.0. The Morgan fingerprint density at radius 2 is 1.84 bits per heavy atom. The lowest BCUT2D eigenvalue weighted by Crippen LogP contribution is -2.23. The second-order valence-corrected chi connectivity index (χ2v) is 8.53. The number of hydrogen-bond donors (Lipinski definition) is 4. The average molecular weight is 504 g/mol. The number of hydrogen-bond acceptors (Lipinski definition) is 6. The normalized spacial score (nSPS) is 16.3. The number of nitrogen functional groups attached to an aromatic ring is 1. The van der Waals surface area contributed by atoms with Crippen LogP contribution in [0.2, 0.25) is 0 Å². The van der Waals surface area contributed by atoms with Crippen molar-refractivity contribution < 1.29 is 19.4 Å². The van der Waals surface area contributed by atoms with E-state index in [1.807, 2.05) is 12.1 Å². The van der Waals surface area contributed by atoms with Gasteiger partial charge in [-0.25, -0.2) is 4.68 Å². The molecule has 1 aliphatic rings. The fourth-order valence-corrected chi connectivity index (χ4v) is 4.24. The van der Waals surface area contributed by atoms with Crippen LogP contribution in [0.4, 0.5) is 5.82 Å². The molecule has 0 bridgehead atoms. The SMILES string of the molecule is C=CC=C.COc1ccccc1C(=O)NCc1ccc(-c2nn(C3CCCC3O)c(N)c2C(N)=O)cc1. The van der Waals surface area contributed by atoms with E-state index in [1.54, 1.807) is 48.6 Å². The molecule has 1 saturated carbocycles. The highest BCUT2D eigenvalue weighted by molar-refractivity contribution is 6.03. The second-order valence-electron chi connectivity index (χ2n) is 8.53. The third kappa shape index (κ3) is 6.25. The van der Waals surface area contributed by atoms with E-state index in [4.69, 9.17) is 16.2 Å². The summed E-state index contributed by atoms with van der Waals surface area (Å²) < 4.78 is 6.76. The minimum atomic E-state index is -0.672. The molecule has 2 unspecified atom stereocenters. The van der Waals surface area contributed by atoms with Gasteiger partial charge < -0.3 is 26.6 Å². The van der Waals surface area contributed by atoms with E-state index in [-0.39, 0.29) is 23.3 Å². The molecule has 2 aromatic carbocycles. The van der Waals surface area contributed by atoms with Crippen LogP contribution in [0, 0.1) is 0 Å². The Morgan fingerprint density at radius 3 is 2.41 bits per heavy atom. The van der Waals surface area contributed by atoms with Crippen LogP contribution in [0.15, 0.2) is 73.8 Å². The number of ether oxygens (including phenoxy) is 1. The number of amides is 2. The summed E-state index contributed by atoms with van der Waals surface area (Å²) in [6.07, 6.45) is 4.98. The molecule has 0 saturated heterocycles. The molecule has 6 N–H and O–H groups in total. The number of benzene rings is 2. The zero-order valence-corrected chi connectivity index (χ0v) is 20.9. The van der Waals surface area contributed by atoms with Crippen molar-refractivity contribution in [3.8, 4) is 17.0 Å². The van der Waals surface area contributed by atoms with E-state index in [9.17, 15) is 14.7 Å². The molecule has 1 aliphatic carbocycles. The summed E-state index contributed by atoms with van der Waals surface area (Å²) in [5.41, 5.74) is 14.3. The van der Waals surface area contributed by atoms with E-state index >= 15 is 0 Å². The molecule has 2 amide bonds. The fourth-order valence-electron chi connectivity index (χ4n) is 4.24. The van der Waals surface area contributed by atoms with Crippen LogP contribution in [-0.2, 0) is 6.54 Å². The minimum Gasteiger partial charge on any atom is -0.496 e. The molecule has 1 aromatic heterocycles. The van der Waals surface area contributed by atoms with Crippen LogP contribution in [0.25, 0.3) is 11.3 Å². The molecule has 194 valence electrons. The molecule has 37 heavy (non-hydrogen) atoms. The maximum absolute atomic E-state index is 12.5. The first-order chi connectivity index (χ1) is 17.8. The molecule has 4 rings (SSSR count). The van der Waals surface area contributed by atoms with Gasteiger partial charge in [-0.1, -0.05) is 61.7 Å². The number of rotatable bonds is 8. The quantitative estimate of drug-likeness (QED) is 0.346. The molecular weight excluding hydrogens is 470 g/mol. The van der Waals surface area contributed by atoms with Crippen molar-refractivity contribution in [3.05, 3.63) is 90.5 Å². The number of anilines is 1. The predicted octanol–water partition coefficient (Wildman–Crippen LogP) is 3.61. The Bertz CT molecular complexity index is 1260. The second kappa shape index (κ2) is 12.5. The Labute approximate surface area is 216 Å². The third-order valence-corrected chi connectivity index (χ3v) is 6.15. The highest BCUT2D eigenvalue weighted by Crippen LogP contribution is 2.35. The van der Waals surface area contributed by atoms with Gasteiger partial charge in [-0.15, -0.1) is 0 Å². The predicted molar refractivity (Wildman–Crippen MR) is 144 cm³/mol. The van der Waals surface area contributed by atoms with Crippen molar-refractivity contribution in [2.24, 2.45) is 5.73 Å². The number of allylic oxidation sites excluding steroid dienone is 2. The van der Waals surface area contributed by atoms with Crippen molar-refractivity contribution in [3.63, 3.8) is 0 Å². The molecule has 2 atom stereocenters. The van der Waals surface area contributed by atoms with Crippen LogP contribution in [0.1, 0.15) is 51.6 Å². The summed E-state index contributed by atoms with van der Waals surface area (Å²) in [5.74, 6) is -0.245. The van der Waals surface area contributed by atoms with E-state index in [2.05, 4.69) is 23.6 Å². The van der Waals surface area contributed by atoms with Gasteiger partial charge in [0.2, 0.25) is 0 Å². The van der Waals surface area contributed by atoms with Gasteiger partial charge >= 0.3 is 0 Å². The van der Waals surface area contributed by atoms with E-state index in [0.29, 0.717) is 35.5 Å². The number of para-hydroxylation sites is 1. The van der Waals surface area contributed by atoms with Crippen LogP contribution in [0.3, 0.4) is 0 Å². The number of nitrogens with zero attached hydrogens (tertiary/aromatic N) is 2. The number of aliphatic hydroxyl groups is 1. The van der Waals surface area contributed by atoms with Crippen molar-refractivity contribution >= 4 is 17.6 Å². The number of nitrogens with one attached hydrogen (secondary N) is 1. The Morgan fingerprint density at radius 1 is 1.16 bits per heavy atom. The van der Waals surface area contributed by atoms with E-state index < -0.39 is 12.0 Å². The molecule has 0 spiro atoms. The minimum absolute atomic E-state index is 0.145.